The van der Waals surface area contributed by atoms with E-state index in [-0.39, 0.29) is 0 Å². The number of rotatable bonds is 6. The molecule has 0 spiro atoms. The Balaban J connectivity index is 3.34. The second kappa shape index (κ2) is 7.05. The molecule has 0 saturated heterocycles. The molecule has 1 nitrogen and oxygen atoms in total. The van der Waals surface area contributed by atoms with Crippen LogP contribution in [-0.4, -0.2) is 6.26 Å². The molecule has 1 aromatic carbocycles. The minimum atomic E-state index is -0.524. The molecular weight excluding hydrogens is 208 g/mol. The van der Waals surface area contributed by atoms with Gasteiger partial charge in [-0.15, -0.1) is 0 Å². The zero-order chi connectivity index (χ0) is 13.5. The van der Waals surface area contributed by atoms with Crippen LogP contribution < -0.4 is 0 Å². The largest absolute Gasteiger partial charge is 0.298 e. The van der Waals surface area contributed by atoms with Crippen molar-refractivity contribution >= 4 is 11.8 Å². The molecule has 0 N–H and O–H groups in total. The van der Waals surface area contributed by atoms with E-state index < -0.39 is 6.26 Å². The number of carbonyl (C=O) groups excluding carboxylic acids is 1. The highest BCUT2D eigenvalue weighted by atomic mass is 16.1. The van der Waals surface area contributed by atoms with Crippen LogP contribution in [0, 0.1) is 6.92 Å². The van der Waals surface area contributed by atoms with Gasteiger partial charge in [0.05, 0.1) is 0 Å². The Morgan fingerprint density at radius 1 is 1.24 bits per heavy atom. The molecule has 0 aliphatic carbocycles. The van der Waals surface area contributed by atoms with Crippen LogP contribution in [0.25, 0.3) is 5.57 Å². The Kier molecular flexibility index (Phi) is 5.02. The summed E-state index contributed by atoms with van der Waals surface area (Å²) in [7, 11) is 0. The van der Waals surface area contributed by atoms with E-state index in [0.717, 1.165) is 30.4 Å². The fourth-order valence-electron chi connectivity index (χ4n) is 2.12. The van der Waals surface area contributed by atoms with Gasteiger partial charge in [0.15, 0.2) is 0 Å². The van der Waals surface area contributed by atoms with Gasteiger partial charge in [-0.1, -0.05) is 51.0 Å². The smallest absolute Gasteiger partial charge is 0.146 e. The number of hydrogen-bond acceptors (Lipinski definition) is 1. The molecule has 0 aliphatic heterocycles. The molecule has 0 atom stereocenters. The standard InChI is InChI=1S/C16H22O/c1-4-8-14(12-17)16(9-5-2)15-11-7-6-10-13(15)3/h6-7,10-12H,4-5,8-9H2,1-3H3/b16-14-/i12D. The predicted molar refractivity (Wildman–Crippen MR) is 74.0 cm³/mol. The Morgan fingerprint density at radius 3 is 2.41 bits per heavy atom. The SMILES string of the molecule is [2H]C(=O)/C(CCC)=C(/CCC)c1ccccc1C. The first kappa shape index (κ1) is 12.1. The molecule has 17 heavy (non-hydrogen) atoms. The summed E-state index contributed by atoms with van der Waals surface area (Å²) in [4.78, 5) is 11.5. The van der Waals surface area contributed by atoms with Gasteiger partial charge in [0.2, 0.25) is 0 Å². The molecule has 1 rings (SSSR count). The van der Waals surface area contributed by atoms with Crippen molar-refractivity contribution in [2.75, 3.05) is 0 Å². The lowest BCUT2D eigenvalue weighted by atomic mass is 9.91. The van der Waals surface area contributed by atoms with Gasteiger partial charge in [0, 0.05) is 0 Å². The van der Waals surface area contributed by atoms with E-state index in [2.05, 4.69) is 26.0 Å². The number of aldehydes is 1. The average molecular weight is 231 g/mol. The summed E-state index contributed by atoms with van der Waals surface area (Å²) < 4.78 is 7.47. The highest BCUT2D eigenvalue weighted by molar-refractivity contribution is 5.88. The van der Waals surface area contributed by atoms with E-state index in [1.807, 2.05) is 19.1 Å². The van der Waals surface area contributed by atoms with Gasteiger partial charge in [-0.2, -0.15) is 0 Å². The van der Waals surface area contributed by atoms with Gasteiger partial charge < -0.3 is 0 Å². The van der Waals surface area contributed by atoms with Crippen LogP contribution in [-0.2, 0) is 4.79 Å². The van der Waals surface area contributed by atoms with E-state index >= 15 is 0 Å². The minimum Gasteiger partial charge on any atom is -0.298 e. The fourth-order valence-corrected chi connectivity index (χ4v) is 2.12. The van der Waals surface area contributed by atoms with Crippen molar-refractivity contribution in [1.82, 2.24) is 0 Å². The van der Waals surface area contributed by atoms with Crippen molar-refractivity contribution < 1.29 is 6.17 Å². The highest BCUT2D eigenvalue weighted by Crippen LogP contribution is 2.27. The van der Waals surface area contributed by atoms with Gasteiger partial charge in [0.1, 0.15) is 7.63 Å². The van der Waals surface area contributed by atoms with E-state index in [0.29, 0.717) is 12.0 Å². The van der Waals surface area contributed by atoms with Crippen LogP contribution in [0.1, 0.15) is 52.0 Å². The summed E-state index contributed by atoms with van der Waals surface area (Å²) in [5.74, 6) is 0. The van der Waals surface area contributed by atoms with E-state index in [1.165, 1.54) is 5.56 Å². The zero-order valence-electron chi connectivity index (χ0n) is 12.0. The van der Waals surface area contributed by atoms with Gasteiger partial charge in [-0.25, -0.2) is 0 Å². The van der Waals surface area contributed by atoms with Crippen molar-refractivity contribution in [1.29, 1.82) is 0 Å². The summed E-state index contributed by atoms with van der Waals surface area (Å²) in [6.07, 6.45) is 2.93. The lowest BCUT2D eigenvalue weighted by Gasteiger charge is -2.13. The molecule has 0 amide bonds. The Morgan fingerprint density at radius 2 is 1.88 bits per heavy atom. The van der Waals surface area contributed by atoms with Crippen LogP contribution in [0.2, 0.25) is 0 Å². The maximum absolute atomic E-state index is 11.5. The third kappa shape index (κ3) is 3.55. The number of aryl methyl sites for hydroxylation is 1. The van der Waals surface area contributed by atoms with Crippen LogP contribution in [0.4, 0.5) is 0 Å². The normalized spacial score (nSPS) is 13.0. The topological polar surface area (TPSA) is 17.1 Å². The molecule has 0 radical (unpaired) electrons. The summed E-state index contributed by atoms with van der Waals surface area (Å²) in [5.41, 5.74) is 4.06. The first-order valence-corrected chi connectivity index (χ1v) is 6.40. The summed E-state index contributed by atoms with van der Waals surface area (Å²) in [6.45, 7) is 6.21. The Labute approximate surface area is 106 Å². The Bertz CT molecular complexity index is 446. The molecule has 0 bridgehead atoms. The summed E-state index contributed by atoms with van der Waals surface area (Å²) >= 11 is 0. The molecule has 0 aliphatic rings. The van der Waals surface area contributed by atoms with Crippen molar-refractivity contribution in [3.05, 3.63) is 41.0 Å². The number of hydrogen-bond donors (Lipinski definition) is 0. The second-order valence-corrected chi connectivity index (χ2v) is 4.37. The highest BCUT2D eigenvalue weighted by Gasteiger charge is 2.09. The molecule has 0 aromatic heterocycles. The first-order chi connectivity index (χ1) is 8.61. The summed E-state index contributed by atoms with van der Waals surface area (Å²) in [6, 6.07) is 8.11. The van der Waals surface area contributed by atoms with Crippen LogP contribution >= 0.6 is 0 Å². The third-order valence-electron chi connectivity index (χ3n) is 2.96. The molecular formula is C16H22O. The Hall–Kier alpha value is -1.37. The monoisotopic (exact) mass is 231 g/mol. The summed E-state index contributed by atoms with van der Waals surface area (Å²) in [5, 5.41) is 0. The van der Waals surface area contributed by atoms with Gasteiger partial charge in [-0.05, 0) is 42.0 Å². The maximum atomic E-state index is 11.5. The number of carbonyl (C=O) groups is 1. The minimum absolute atomic E-state index is 0.524. The van der Waals surface area contributed by atoms with Gasteiger partial charge >= 0.3 is 0 Å². The second-order valence-electron chi connectivity index (χ2n) is 4.37. The zero-order valence-corrected chi connectivity index (χ0v) is 11.0. The van der Waals surface area contributed by atoms with Crippen molar-refractivity contribution in [3.63, 3.8) is 0 Å². The predicted octanol–water partition coefficient (Wildman–Crippen LogP) is 4.55. The number of benzene rings is 1. The third-order valence-corrected chi connectivity index (χ3v) is 2.96. The fraction of sp³-hybridized carbons (Fsp3) is 0.438. The quantitative estimate of drug-likeness (QED) is 0.518. The van der Waals surface area contributed by atoms with Crippen molar-refractivity contribution in [2.24, 2.45) is 0 Å². The molecule has 0 fully saturated rings. The van der Waals surface area contributed by atoms with E-state index in [4.69, 9.17) is 1.37 Å². The van der Waals surface area contributed by atoms with Crippen LogP contribution in [0.3, 0.4) is 0 Å². The van der Waals surface area contributed by atoms with Crippen molar-refractivity contribution in [2.45, 2.75) is 46.5 Å². The molecule has 0 heterocycles. The molecule has 1 aromatic rings. The van der Waals surface area contributed by atoms with E-state index in [9.17, 15) is 4.79 Å². The molecule has 1 heteroatoms. The molecule has 0 unspecified atom stereocenters. The number of allylic oxidation sites excluding steroid dienone is 2. The van der Waals surface area contributed by atoms with Crippen molar-refractivity contribution in [3.8, 4) is 0 Å². The molecule has 92 valence electrons. The van der Waals surface area contributed by atoms with Crippen LogP contribution in [0.15, 0.2) is 29.8 Å². The maximum Gasteiger partial charge on any atom is 0.146 e. The van der Waals surface area contributed by atoms with Gasteiger partial charge in [0.25, 0.3) is 0 Å². The average Bonchev–Trinajstić information content (AvgIpc) is 2.34. The molecule has 0 saturated carbocycles. The van der Waals surface area contributed by atoms with Crippen LogP contribution in [0.5, 0.6) is 0 Å². The lowest BCUT2D eigenvalue weighted by Crippen LogP contribution is -1.96. The lowest BCUT2D eigenvalue weighted by molar-refractivity contribution is -0.105. The van der Waals surface area contributed by atoms with Gasteiger partial charge in [-0.3, -0.25) is 4.79 Å². The first-order valence-electron chi connectivity index (χ1n) is 6.90. The van der Waals surface area contributed by atoms with E-state index in [1.54, 1.807) is 0 Å².